The Morgan fingerprint density at radius 2 is 1.86 bits per heavy atom. The molecule has 0 aliphatic carbocycles. The van der Waals surface area contributed by atoms with Gasteiger partial charge in [0, 0.05) is 29.2 Å². The number of carbonyl (C=O) groups excluding carboxylic acids is 1. The smallest absolute Gasteiger partial charge is 0.414 e. The number of piperidine rings is 1. The van der Waals surface area contributed by atoms with Crippen molar-refractivity contribution in [3.8, 4) is 6.07 Å². The van der Waals surface area contributed by atoms with Crippen molar-refractivity contribution in [1.82, 2.24) is 4.31 Å². The van der Waals surface area contributed by atoms with Gasteiger partial charge >= 0.3 is 6.09 Å². The molecule has 9 heteroatoms. The highest BCUT2D eigenvalue weighted by molar-refractivity contribution is 9.10. The zero-order valence-corrected chi connectivity index (χ0v) is 17.8. The summed E-state index contributed by atoms with van der Waals surface area (Å²) in [6.07, 6.45) is 0.563. The zero-order chi connectivity index (χ0) is 20.6. The number of carbonyl (C=O) groups is 1. The van der Waals surface area contributed by atoms with E-state index in [-0.39, 0.29) is 36.2 Å². The number of hydrogen-bond donors (Lipinski definition) is 0. The van der Waals surface area contributed by atoms with Crippen LogP contribution in [0, 0.1) is 11.3 Å². The van der Waals surface area contributed by atoms with Gasteiger partial charge < -0.3 is 4.74 Å². The van der Waals surface area contributed by atoms with Crippen molar-refractivity contribution >= 4 is 37.7 Å². The number of nitrogens with zero attached hydrogens (tertiary/aromatic N) is 3. The summed E-state index contributed by atoms with van der Waals surface area (Å²) in [5, 5.41) is 9.24. The highest BCUT2D eigenvalue weighted by Gasteiger charge is 2.37. The lowest BCUT2D eigenvalue weighted by atomic mass is 10.0. The molecule has 0 atom stereocenters. The number of hydrogen-bond acceptors (Lipinski definition) is 5. The minimum Gasteiger partial charge on any atom is -0.444 e. The van der Waals surface area contributed by atoms with E-state index in [2.05, 4.69) is 15.9 Å². The van der Waals surface area contributed by atoms with E-state index < -0.39 is 16.1 Å². The topological polar surface area (TPSA) is 90.7 Å². The summed E-state index contributed by atoms with van der Waals surface area (Å²) in [4.78, 5) is 14.1. The number of nitriles is 1. The SMILES string of the molecule is N#Cc1ccccc1S(=O)(=O)N1CCC(N2C(=O)OCc3cc(Br)ccc32)CC1. The summed E-state index contributed by atoms with van der Waals surface area (Å²) in [7, 11) is -3.77. The van der Waals surface area contributed by atoms with Crippen LogP contribution in [0.4, 0.5) is 10.5 Å². The first kappa shape index (κ1) is 19.9. The maximum Gasteiger partial charge on any atom is 0.414 e. The Kier molecular flexibility index (Phi) is 5.34. The fourth-order valence-electron chi connectivity index (χ4n) is 3.82. The summed E-state index contributed by atoms with van der Waals surface area (Å²) in [5.41, 5.74) is 1.85. The molecule has 0 saturated carbocycles. The number of fused-ring (bicyclic) bond motifs is 1. The highest BCUT2D eigenvalue weighted by Crippen LogP contribution is 2.34. The molecule has 2 aromatic carbocycles. The number of ether oxygens (including phenoxy) is 1. The first-order valence-electron chi connectivity index (χ1n) is 9.15. The van der Waals surface area contributed by atoms with Gasteiger partial charge in [0.15, 0.2) is 0 Å². The van der Waals surface area contributed by atoms with Crippen LogP contribution in [0.1, 0.15) is 24.0 Å². The Labute approximate surface area is 177 Å². The molecule has 7 nitrogen and oxygen atoms in total. The summed E-state index contributed by atoms with van der Waals surface area (Å²) >= 11 is 3.43. The molecule has 0 bridgehead atoms. The van der Waals surface area contributed by atoms with Crippen LogP contribution in [0.2, 0.25) is 0 Å². The Morgan fingerprint density at radius 3 is 2.59 bits per heavy atom. The number of anilines is 1. The van der Waals surface area contributed by atoms with Crippen molar-refractivity contribution in [2.75, 3.05) is 18.0 Å². The molecule has 2 aliphatic heterocycles. The van der Waals surface area contributed by atoms with Crippen LogP contribution in [0.3, 0.4) is 0 Å². The fraction of sp³-hybridized carbons (Fsp3) is 0.300. The monoisotopic (exact) mass is 475 g/mol. The minimum atomic E-state index is -3.77. The maximum atomic E-state index is 13.0. The van der Waals surface area contributed by atoms with Crippen LogP contribution in [-0.2, 0) is 21.4 Å². The zero-order valence-electron chi connectivity index (χ0n) is 15.4. The van der Waals surface area contributed by atoms with Crippen molar-refractivity contribution in [2.45, 2.75) is 30.4 Å². The van der Waals surface area contributed by atoms with E-state index in [0.29, 0.717) is 12.8 Å². The number of cyclic esters (lactones) is 1. The Hall–Kier alpha value is -2.41. The second-order valence-corrected chi connectivity index (χ2v) is 9.76. The molecule has 0 aromatic heterocycles. The van der Waals surface area contributed by atoms with Crippen LogP contribution in [0.15, 0.2) is 51.8 Å². The third-order valence-electron chi connectivity index (χ3n) is 5.26. The molecule has 0 radical (unpaired) electrons. The summed E-state index contributed by atoms with van der Waals surface area (Å²) in [5.74, 6) is 0. The molecule has 2 aliphatic rings. The summed E-state index contributed by atoms with van der Waals surface area (Å²) in [6, 6.07) is 13.7. The van der Waals surface area contributed by atoms with Crippen LogP contribution in [0.5, 0.6) is 0 Å². The van der Waals surface area contributed by atoms with Crippen LogP contribution in [0.25, 0.3) is 0 Å². The van der Waals surface area contributed by atoms with E-state index in [1.807, 2.05) is 24.3 Å². The maximum absolute atomic E-state index is 13.0. The molecule has 0 N–H and O–H groups in total. The predicted molar refractivity (Wildman–Crippen MR) is 110 cm³/mol. The van der Waals surface area contributed by atoms with Crippen LogP contribution >= 0.6 is 15.9 Å². The van der Waals surface area contributed by atoms with Gasteiger partial charge in [-0.25, -0.2) is 13.2 Å². The number of sulfonamides is 1. The van der Waals surface area contributed by atoms with Gasteiger partial charge in [-0.2, -0.15) is 9.57 Å². The molecule has 1 fully saturated rings. The van der Waals surface area contributed by atoms with E-state index in [1.54, 1.807) is 17.0 Å². The average Bonchev–Trinajstić information content (AvgIpc) is 2.74. The Morgan fingerprint density at radius 1 is 1.14 bits per heavy atom. The third-order valence-corrected chi connectivity index (χ3v) is 7.71. The molecule has 2 aromatic rings. The third kappa shape index (κ3) is 3.64. The summed E-state index contributed by atoms with van der Waals surface area (Å²) < 4.78 is 33.6. The van der Waals surface area contributed by atoms with Crippen LogP contribution < -0.4 is 4.90 Å². The van der Waals surface area contributed by atoms with Crippen molar-refractivity contribution < 1.29 is 17.9 Å². The second kappa shape index (κ2) is 7.78. The van der Waals surface area contributed by atoms with Gasteiger partial charge in [0.25, 0.3) is 0 Å². The van der Waals surface area contributed by atoms with Crippen LogP contribution in [-0.4, -0.2) is 37.9 Å². The van der Waals surface area contributed by atoms with Gasteiger partial charge in [0.05, 0.1) is 16.1 Å². The van der Waals surface area contributed by atoms with Gasteiger partial charge in [-0.05, 0) is 43.2 Å². The molecule has 150 valence electrons. The Balaban J connectivity index is 1.55. The van der Waals surface area contributed by atoms with E-state index >= 15 is 0 Å². The molecule has 4 rings (SSSR count). The molecule has 2 heterocycles. The van der Waals surface area contributed by atoms with Crippen molar-refractivity contribution in [3.63, 3.8) is 0 Å². The average molecular weight is 476 g/mol. The molecule has 1 amide bonds. The van der Waals surface area contributed by atoms with Gasteiger partial charge in [-0.1, -0.05) is 28.1 Å². The van der Waals surface area contributed by atoms with Crippen molar-refractivity contribution in [2.24, 2.45) is 0 Å². The number of amides is 1. The lowest BCUT2D eigenvalue weighted by Crippen LogP contribution is -2.50. The molecule has 1 saturated heterocycles. The Bertz CT molecular complexity index is 1100. The standard InChI is InChI=1S/C20H18BrN3O4S/c21-16-5-6-18-15(11-16)13-28-20(25)24(18)17-7-9-23(10-8-17)29(26,27)19-4-2-1-3-14(19)12-22/h1-6,11,17H,7-10,13H2. The van der Waals surface area contributed by atoms with E-state index in [4.69, 9.17) is 4.74 Å². The van der Waals surface area contributed by atoms with Gasteiger partial charge in [-0.15, -0.1) is 0 Å². The largest absolute Gasteiger partial charge is 0.444 e. The lowest BCUT2D eigenvalue weighted by molar-refractivity contribution is 0.135. The first-order chi connectivity index (χ1) is 13.9. The lowest BCUT2D eigenvalue weighted by Gasteiger charge is -2.39. The molecule has 0 unspecified atom stereocenters. The molecule has 0 spiro atoms. The van der Waals surface area contributed by atoms with Gasteiger partial charge in [-0.3, -0.25) is 4.90 Å². The van der Waals surface area contributed by atoms with Crippen molar-refractivity contribution in [3.05, 3.63) is 58.1 Å². The summed E-state index contributed by atoms with van der Waals surface area (Å²) in [6.45, 7) is 0.757. The van der Waals surface area contributed by atoms with Gasteiger partial charge in [0.2, 0.25) is 10.0 Å². The fourth-order valence-corrected chi connectivity index (χ4v) is 5.84. The molecular formula is C20H18BrN3O4S. The van der Waals surface area contributed by atoms with E-state index in [0.717, 1.165) is 15.7 Å². The molecular weight excluding hydrogens is 458 g/mol. The molecule has 29 heavy (non-hydrogen) atoms. The predicted octanol–water partition coefficient (Wildman–Crippen LogP) is 3.63. The number of halogens is 1. The quantitative estimate of drug-likeness (QED) is 0.675. The highest BCUT2D eigenvalue weighted by atomic mass is 79.9. The van der Waals surface area contributed by atoms with Gasteiger partial charge in [0.1, 0.15) is 12.7 Å². The van der Waals surface area contributed by atoms with E-state index in [1.165, 1.54) is 16.4 Å². The normalized spacial score (nSPS) is 18.1. The second-order valence-electron chi connectivity index (χ2n) is 6.94. The minimum absolute atomic E-state index is 0.0218. The van der Waals surface area contributed by atoms with E-state index in [9.17, 15) is 18.5 Å². The number of benzene rings is 2. The first-order valence-corrected chi connectivity index (χ1v) is 11.4. The number of rotatable bonds is 3. The van der Waals surface area contributed by atoms with Crippen molar-refractivity contribution in [1.29, 1.82) is 5.26 Å².